The quantitative estimate of drug-likeness (QED) is 0.655. The molecule has 34 heavy (non-hydrogen) atoms. The molecule has 2 heterocycles. The topological polar surface area (TPSA) is 98.8 Å². The molecule has 0 saturated carbocycles. The second-order valence-corrected chi connectivity index (χ2v) is 8.57. The maximum atomic E-state index is 13.9. The average molecular weight is 470 g/mol. The van der Waals surface area contributed by atoms with Gasteiger partial charge in [0.05, 0.1) is 5.56 Å². The number of hydrogen-bond acceptors (Lipinski definition) is 4. The highest BCUT2D eigenvalue weighted by molar-refractivity contribution is 6.09. The molecule has 2 aliphatic heterocycles. The normalized spacial score (nSPS) is 20.9. The molecule has 2 aliphatic rings. The Morgan fingerprint density at radius 3 is 2.35 bits per heavy atom. The van der Waals surface area contributed by atoms with Crippen LogP contribution in [0.3, 0.4) is 0 Å². The fourth-order valence-electron chi connectivity index (χ4n) is 4.27. The number of carbonyl (C=O) groups is 4. The molecule has 0 spiro atoms. The van der Waals surface area contributed by atoms with Crippen molar-refractivity contribution in [3.8, 4) is 0 Å². The summed E-state index contributed by atoms with van der Waals surface area (Å²) < 4.78 is 27.1. The van der Waals surface area contributed by atoms with Crippen molar-refractivity contribution in [1.82, 2.24) is 20.4 Å². The number of benzene rings is 2. The second kappa shape index (κ2) is 9.20. The Hall–Kier alpha value is -3.82. The van der Waals surface area contributed by atoms with Crippen LogP contribution in [0.1, 0.15) is 35.7 Å². The molecule has 2 saturated heterocycles. The number of nitrogens with zero attached hydrogens (tertiary/aromatic N) is 2. The van der Waals surface area contributed by atoms with Gasteiger partial charge in [-0.2, -0.15) is 0 Å². The third-order valence-corrected chi connectivity index (χ3v) is 6.25. The molecular weight excluding hydrogens is 446 g/mol. The largest absolute Gasteiger partial charge is 0.352 e. The Morgan fingerprint density at radius 1 is 1.06 bits per heavy atom. The number of rotatable bonds is 5. The average Bonchev–Trinajstić information content (AvgIpc) is 3.03. The predicted octanol–water partition coefficient (Wildman–Crippen LogP) is 2.15. The predicted molar refractivity (Wildman–Crippen MR) is 117 cm³/mol. The SMILES string of the molecule is CC1(c2ccc(F)cc2)NC(=O)N(CC(=O)NC2CCN(C(=O)c3ccccc3F)CC2)C1=O. The molecule has 0 radical (unpaired) electrons. The van der Waals surface area contributed by atoms with Crippen LogP contribution in [0, 0.1) is 11.6 Å². The number of hydrogen-bond donors (Lipinski definition) is 2. The first-order chi connectivity index (χ1) is 16.2. The fraction of sp³-hybridized carbons (Fsp3) is 0.333. The molecule has 2 aromatic rings. The molecule has 2 N–H and O–H groups in total. The lowest BCUT2D eigenvalue weighted by Crippen LogP contribution is -2.49. The fourth-order valence-corrected chi connectivity index (χ4v) is 4.27. The highest BCUT2D eigenvalue weighted by Crippen LogP contribution is 2.28. The van der Waals surface area contributed by atoms with E-state index in [9.17, 15) is 28.0 Å². The Kier molecular flexibility index (Phi) is 6.32. The number of likely N-dealkylation sites (tertiary alicyclic amines) is 1. The molecule has 8 nitrogen and oxygen atoms in total. The third kappa shape index (κ3) is 4.48. The molecule has 10 heteroatoms. The number of nitrogens with one attached hydrogen (secondary N) is 2. The number of halogens is 2. The molecule has 1 unspecified atom stereocenters. The van der Waals surface area contributed by atoms with Crippen LogP contribution >= 0.6 is 0 Å². The summed E-state index contributed by atoms with van der Waals surface area (Å²) in [7, 11) is 0. The van der Waals surface area contributed by atoms with Crippen molar-refractivity contribution in [1.29, 1.82) is 0 Å². The standard InChI is InChI=1S/C24H24F2N4O4/c1-24(15-6-8-16(25)9-7-15)22(33)30(23(34)28-24)14-20(31)27-17-10-12-29(13-11-17)21(32)18-4-2-3-5-19(18)26/h2-9,17H,10-14H2,1H3,(H,27,31)(H,28,34). The molecule has 2 fully saturated rings. The van der Waals surface area contributed by atoms with Gasteiger partial charge in [-0.05, 0) is 49.6 Å². The molecule has 178 valence electrons. The molecule has 2 aromatic carbocycles. The van der Waals surface area contributed by atoms with Gasteiger partial charge in [0.25, 0.3) is 11.8 Å². The van der Waals surface area contributed by atoms with Crippen LogP contribution in [0.5, 0.6) is 0 Å². The molecule has 5 amide bonds. The minimum Gasteiger partial charge on any atom is -0.352 e. The van der Waals surface area contributed by atoms with E-state index in [0.29, 0.717) is 31.5 Å². The van der Waals surface area contributed by atoms with E-state index in [1.54, 1.807) is 6.07 Å². The first kappa shape index (κ1) is 23.3. The first-order valence-corrected chi connectivity index (χ1v) is 10.9. The summed E-state index contributed by atoms with van der Waals surface area (Å²) in [6, 6.07) is 10.0. The van der Waals surface area contributed by atoms with Crippen LogP contribution in [0.25, 0.3) is 0 Å². The number of amides is 5. The van der Waals surface area contributed by atoms with Crippen LogP contribution in [-0.2, 0) is 15.1 Å². The zero-order chi connectivity index (χ0) is 24.5. The van der Waals surface area contributed by atoms with E-state index < -0.39 is 47.5 Å². The van der Waals surface area contributed by atoms with Crippen molar-refractivity contribution < 1.29 is 28.0 Å². The lowest BCUT2D eigenvalue weighted by Gasteiger charge is -2.32. The van der Waals surface area contributed by atoms with Gasteiger partial charge in [-0.3, -0.25) is 19.3 Å². The van der Waals surface area contributed by atoms with Gasteiger partial charge >= 0.3 is 6.03 Å². The van der Waals surface area contributed by atoms with Gasteiger partial charge in [0.1, 0.15) is 23.7 Å². The zero-order valence-corrected chi connectivity index (χ0v) is 18.5. The van der Waals surface area contributed by atoms with Gasteiger partial charge in [0.2, 0.25) is 5.91 Å². The van der Waals surface area contributed by atoms with E-state index in [1.165, 1.54) is 54.3 Å². The van der Waals surface area contributed by atoms with Crippen molar-refractivity contribution in [2.45, 2.75) is 31.3 Å². The highest BCUT2D eigenvalue weighted by Gasteiger charge is 2.49. The van der Waals surface area contributed by atoms with Crippen molar-refractivity contribution in [2.75, 3.05) is 19.6 Å². The van der Waals surface area contributed by atoms with Gasteiger partial charge in [-0.25, -0.2) is 13.6 Å². The number of carbonyl (C=O) groups excluding carboxylic acids is 4. The van der Waals surface area contributed by atoms with Gasteiger partial charge < -0.3 is 15.5 Å². The molecule has 4 rings (SSSR count). The minimum atomic E-state index is -1.40. The molecular formula is C24H24F2N4O4. The maximum absolute atomic E-state index is 13.9. The lowest BCUT2D eigenvalue weighted by molar-refractivity contribution is -0.135. The van der Waals surface area contributed by atoms with Crippen molar-refractivity contribution in [2.24, 2.45) is 0 Å². The summed E-state index contributed by atoms with van der Waals surface area (Å²) in [5.41, 5.74) is -0.987. The Morgan fingerprint density at radius 2 is 1.71 bits per heavy atom. The molecule has 0 aliphatic carbocycles. The van der Waals surface area contributed by atoms with Gasteiger partial charge in [-0.15, -0.1) is 0 Å². The van der Waals surface area contributed by atoms with Gasteiger partial charge in [-0.1, -0.05) is 24.3 Å². The van der Waals surface area contributed by atoms with E-state index in [4.69, 9.17) is 0 Å². The third-order valence-electron chi connectivity index (χ3n) is 6.25. The van der Waals surface area contributed by atoms with Gasteiger partial charge in [0, 0.05) is 19.1 Å². The van der Waals surface area contributed by atoms with E-state index in [1.807, 2.05) is 0 Å². The van der Waals surface area contributed by atoms with Crippen LogP contribution in [0.4, 0.5) is 13.6 Å². The number of urea groups is 1. The van der Waals surface area contributed by atoms with E-state index in [2.05, 4.69) is 10.6 Å². The number of imide groups is 1. The highest BCUT2D eigenvalue weighted by atomic mass is 19.1. The summed E-state index contributed by atoms with van der Waals surface area (Å²) in [5.74, 6) is -2.57. The van der Waals surface area contributed by atoms with Crippen LogP contribution in [0.2, 0.25) is 0 Å². The first-order valence-electron chi connectivity index (χ1n) is 10.9. The van der Waals surface area contributed by atoms with Crippen LogP contribution in [-0.4, -0.2) is 59.2 Å². The van der Waals surface area contributed by atoms with Crippen molar-refractivity contribution in [3.05, 3.63) is 71.3 Å². The number of piperidine rings is 1. The lowest BCUT2D eigenvalue weighted by atomic mass is 9.92. The monoisotopic (exact) mass is 470 g/mol. The summed E-state index contributed by atoms with van der Waals surface area (Å²) in [6.07, 6.45) is 0.915. The summed E-state index contributed by atoms with van der Waals surface area (Å²) in [6.45, 7) is 1.71. The van der Waals surface area contributed by atoms with Crippen molar-refractivity contribution in [3.63, 3.8) is 0 Å². The second-order valence-electron chi connectivity index (χ2n) is 8.57. The van der Waals surface area contributed by atoms with Crippen LogP contribution in [0.15, 0.2) is 48.5 Å². The maximum Gasteiger partial charge on any atom is 0.325 e. The molecule has 1 atom stereocenters. The molecule has 0 aromatic heterocycles. The van der Waals surface area contributed by atoms with Gasteiger partial charge in [0.15, 0.2) is 0 Å². The Bertz CT molecular complexity index is 1130. The minimum absolute atomic E-state index is 0.00717. The van der Waals surface area contributed by atoms with E-state index in [0.717, 1.165) is 4.90 Å². The summed E-state index contributed by atoms with van der Waals surface area (Å²) in [4.78, 5) is 52.8. The molecule has 0 bridgehead atoms. The Labute approximate surface area is 194 Å². The Balaban J connectivity index is 1.32. The zero-order valence-electron chi connectivity index (χ0n) is 18.5. The van der Waals surface area contributed by atoms with Crippen molar-refractivity contribution >= 4 is 23.8 Å². The summed E-state index contributed by atoms with van der Waals surface area (Å²) in [5, 5.41) is 5.37. The summed E-state index contributed by atoms with van der Waals surface area (Å²) >= 11 is 0. The van der Waals surface area contributed by atoms with E-state index in [-0.39, 0.29) is 11.6 Å². The van der Waals surface area contributed by atoms with E-state index >= 15 is 0 Å². The van der Waals surface area contributed by atoms with Crippen LogP contribution < -0.4 is 10.6 Å². The smallest absolute Gasteiger partial charge is 0.325 e.